The van der Waals surface area contributed by atoms with Gasteiger partial charge in [-0.2, -0.15) is 0 Å². The van der Waals surface area contributed by atoms with Crippen LogP contribution in [-0.4, -0.2) is 26.0 Å². The molecule has 0 atom stereocenters. The minimum Gasteiger partial charge on any atom is -0.489 e. The lowest BCUT2D eigenvalue weighted by molar-refractivity contribution is 0.190. The molecule has 1 aromatic carbocycles. The van der Waals surface area contributed by atoms with Crippen LogP contribution in [-0.2, 0) is 16.3 Å². The van der Waals surface area contributed by atoms with Crippen molar-refractivity contribution in [1.82, 2.24) is 0 Å². The summed E-state index contributed by atoms with van der Waals surface area (Å²) >= 11 is 6.16. The highest BCUT2D eigenvalue weighted by molar-refractivity contribution is 7.91. The van der Waals surface area contributed by atoms with Crippen molar-refractivity contribution >= 4 is 21.4 Å². The molecular weight excluding hydrogens is 284 g/mol. The summed E-state index contributed by atoms with van der Waals surface area (Å²) in [7, 11) is -2.86. The Morgan fingerprint density at radius 1 is 1.37 bits per heavy atom. The zero-order valence-electron chi connectivity index (χ0n) is 10.6. The lowest BCUT2D eigenvalue weighted by Gasteiger charge is -2.23. The molecule has 3 nitrogen and oxygen atoms in total. The van der Waals surface area contributed by atoms with Crippen LogP contribution in [0.1, 0.15) is 18.4 Å². The molecule has 19 heavy (non-hydrogen) atoms. The van der Waals surface area contributed by atoms with Gasteiger partial charge in [0.15, 0.2) is 9.84 Å². The Kier molecular flexibility index (Phi) is 4.53. The Bertz CT molecular complexity index is 552. The number of allylic oxidation sites excluding steroid dienone is 1. The lowest BCUT2D eigenvalue weighted by atomic mass is 10.1. The van der Waals surface area contributed by atoms with E-state index in [4.69, 9.17) is 16.3 Å². The summed E-state index contributed by atoms with van der Waals surface area (Å²) in [5, 5.41) is 0.563. The van der Waals surface area contributed by atoms with Crippen LogP contribution in [0.3, 0.4) is 0 Å². The molecule has 2 rings (SSSR count). The molecule has 0 N–H and O–H groups in total. The predicted octanol–water partition coefficient (Wildman–Crippen LogP) is 3.02. The van der Waals surface area contributed by atoms with E-state index >= 15 is 0 Å². The quantitative estimate of drug-likeness (QED) is 0.803. The fourth-order valence-corrected chi connectivity index (χ4v) is 3.80. The molecule has 0 aromatic heterocycles. The summed E-state index contributed by atoms with van der Waals surface area (Å²) in [5.74, 6) is 1.02. The third-order valence-electron chi connectivity index (χ3n) is 3.17. The fraction of sp³-hybridized carbons (Fsp3) is 0.429. The minimum atomic E-state index is -2.86. The molecule has 0 bridgehead atoms. The lowest BCUT2D eigenvalue weighted by Crippen LogP contribution is -2.30. The highest BCUT2D eigenvalue weighted by Gasteiger charge is 2.25. The predicted molar refractivity (Wildman–Crippen MR) is 77.7 cm³/mol. The number of ether oxygens (including phenoxy) is 1. The average molecular weight is 301 g/mol. The minimum absolute atomic E-state index is 0.0636. The fourth-order valence-electron chi connectivity index (χ4n) is 2.10. The van der Waals surface area contributed by atoms with E-state index < -0.39 is 9.84 Å². The first-order chi connectivity index (χ1) is 9.00. The van der Waals surface area contributed by atoms with Crippen molar-refractivity contribution in [2.75, 3.05) is 11.5 Å². The average Bonchev–Trinajstić information content (AvgIpc) is 2.35. The normalized spacial score (nSPS) is 19.0. The standard InChI is InChI=1S/C14H17ClO3S/c1-2-3-11-4-5-14(13(15)10-11)18-12-6-8-19(16,17)9-7-12/h2,4-5,10,12H,1,3,6-9H2. The maximum atomic E-state index is 11.3. The van der Waals surface area contributed by atoms with Crippen LogP contribution in [0.15, 0.2) is 30.9 Å². The molecule has 0 radical (unpaired) electrons. The Balaban J connectivity index is 2.02. The summed E-state index contributed by atoms with van der Waals surface area (Å²) in [4.78, 5) is 0. The largest absolute Gasteiger partial charge is 0.489 e. The molecule has 1 aliphatic rings. The van der Waals surface area contributed by atoms with E-state index in [0.717, 1.165) is 12.0 Å². The SMILES string of the molecule is C=CCc1ccc(OC2CCS(=O)(=O)CC2)c(Cl)c1. The molecule has 1 aromatic rings. The van der Waals surface area contributed by atoms with E-state index in [1.54, 1.807) is 0 Å². The number of halogens is 1. The smallest absolute Gasteiger partial charge is 0.150 e. The van der Waals surface area contributed by atoms with Gasteiger partial charge in [0.25, 0.3) is 0 Å². The molecule has 1 aliphatic heterocycles. The van der Waals surface area contributed by atoms with Crippen LogP contribution in [0, 0.1) is 0 Å². The Labute approximate surface area is 119 Å². The molecule has 0 amide bonds. The number of rotatable bonds is 4. The first kappa shape index (κ1) is 14.4. The van der Waals surface area contributed by atoms with Crippen molar-refractivity contribution in [3.63, 3.8) is 0 Å². The van der Waals surface area contributed by atoms with Gasteiger partial charge >= 0.3 is 0 Å². The number of sulfone groups is 1. The van der Waals surface area contributed by atoms with Crippen molar-refractivity contribution in [3.05, 3.63) is 41.4 Å². The molecule has 104 valence electrons. The van der Waals surface area contributed by atoms with Crippen LogP contribution >= 0.6 is 11.6 Å². The second-order valence-corrected chi connectivity index (χ2v) is 7.44. The molecule has 0 spiro atoms. The van der Waals surface area contributed by atoms with Crippen molar-refractivity contribution in [1.29, 1.82) is 0 Å². The summed E-state index contributed by atoms with van der Waals surface area (Å²) in [5.41, 5.74) is 1.08. The highest BCUT2D eigenvalue weighted by Crippen LogP contribution is 2.29. The van der Waals surface area contributed by atoms with E-state index in [9.17, 15) is 8.42 Å². The second kappa shape index (κ2) is 5.97. The van der Waals surface area contributed by atoms with Gasteiger partial charge in [-0.3, -0.25) is 0 Å². The molecule has 0 unspecified atom stereocenters. The zero-order chi connectivity index (χ0) is 13.9. The summed E-state index contributed by atoms with van der Waals surface area (Å²) in [6.07, 6.45) is 3.59. The molecule has 1 saturated heterocycles. The third kappa shape index (κ3) is 3.98. The second-order valence-electron chi connectivity index (χ2n) is 4.73. The Morgan fingerprint density at radius 2 is 2.05 bits per heavy atom. The number of benzene rings is 1. The van der Waals surface area contributed by atoms with E-state index in [-0.39, 0.29) is 17.6 Å². The monoisotopic (exact) mass is 300 g/mol. The number of hydrogen-bond acceptors (Lipinski definition) is 3. The molecule has 1 fully saturated rings. The van der Waals surface area contributed by atoms with Gasteiger partial charge in [0, 0.05) is 0 Å². The number of hydrogen-bond donors (Lipinski definition) is 0. The topological polar surface area (TPSA) is 43.4 Å². The molecule has 0 saturated carbocycles. The Morgan fingerprint density at radius 3 is 2.63 bits per heavy atom. The first-order valence-electron chi connectivity index (χ1n) is 6.26. The summed E-state index contributed by atoms with van der Waals surface area (Å²) in [6.45, 7) is 3.68. The summed E-state index contributed by atoms with van der Waals surface area (Å²) < 4.78 is 28.5. The van der Waals surface area contributed by atoms with Crippen LogP contribution in [0.5, 0.6) is 5.75 Å². The van der Waals surface area contributed by atoms with E-state index in [1.165, 1.54) is 0 Å². The van der Waals surface area contributed by atoms with Crippen molar-refractivity contribution < 1.29 is 13.2 Å². The van der Waals surface area contributed by atoms with Crippen molar-refractivity contribution in [2.45, 2.75) is 25.4 Å². The highest BCUT2D eigenvalue weighted by atomic mass is 35.5. The van der Waals surface area contributed by atoms with Crippen LogP contribution in [0.25, 0.3) is 0 Å². The van der Waals surface area contributed by atoms with Gasteiger partial charge < -0.3 is 4.74 Å². The van der Waals surface area contributed by atoms with Crippen LogP contribution in [0.2, 0.25) is 5.02 Å². The van der Waals surface area contributed by atoms with Gasteiger partial charge in [-0.25, -0.2) is 8.42 Å². The van der Waals surface area contributed by atoms with Gasteiger partial charge in [-0.05, 0) is 37.0 Å². The van der Waals surface area contributed by atoms with Gasteiger partial charge in [0.1, 0.15) is 11.9 Å². The van der Waals surface area contributed by atoms with Gasteiger partial charge in [-0.1, -0.05) is 23.7 Å². The van der Waals surface area contributed by atoms with Crippen LogP contribution in [0.4, 0.5) is 0 Å². The molecule has 5 heteroatoms. The van der Waals surface area contributed by atoms with Gasteiger partial charge in [0.2, 0.25) is 0 Å². The maximum absolute atomic E-state index is 11.3. The molecular formula is C14H17ClO3S. The van der Waals surface area contributed by atoms with E-state index in [1.807, 2.05) is 24.3 Å². The molecule has 1 heterocycles. The molecule has 0 aliphatic carbocycles. The maximum Gasteiger partial charge on any atom is 0.150 e. The zero-order valence-corrected chi connectivity index (χ0v) is 12.2. The van der Waals surface area contributed by atoms with E-state index in [2.05, 4.69) is 6.58 Å². The van der Waals surface area contributed by atoms with Crippen LogP contribution < -0.4 is 4.74 Å². The third-order valence-corrected chi connectivity index (χ3v) is 5.18. The van der Waals surface area contributed by atoms with Crippen molar-refractivity contribution in [3.8, 4) is 5.75 Å². The van der Waals surface area contributed by atoms with E-state index in [0.29, 0.717) is 23.6 Å². The summed E-state index contributed by atoms with van der Waals surface area (Å²) in [6, 6.07) is 5.64. The van der Waals surface area contributed by atoms with Gasteiger partial charge in [-0.15, -0.1) is 6.58 Å². The first-order valence-corrected chi connectivity index (χ1v) is 8.46. The van der Waals surface area contributed by atoms with Gasteiger partial charge in [0.05, 0.1) is 16.5 Å². The van der Waals surface area contributed by atoms with Crippen molar-refractivity contribution in [2.24, 2.45) is 0 Å². The Hall–Kier alpha value is -1.00.